The zero-order chi connectivity index (χ0) is 9.68. The molecule has 0 aromatic heterocycles. The lowest BCUT2D eigenvalue weighted by atomic mass is 10.0. The Labute approximate surface area is 90.5 Å². The van der Waals surface area contributed by atoms with Gasteiger partial charge in [-0.15, -0.1) is 12.4 Å². The van der Waals surface area contributed by atoms with E-state index in [4.69, 9.17) is 11.5 Å². The third kappa shape index (κ3) is 3.96. The van der Waals surface area contributed by atoms with E-state index in [1.54, 1.807) is 18.2 Å². The molecule has 5 N–H and O–H groups in total. The average molecular weight is 217 g/mol. The van der Waals surface area contributed by atoms with Gasteiger partial charge in [0.25, 0.3) is 0 Å². The maximum atomic E-state index is 9.21. The Morgan fingerprint density at radius 2 is 2.07 bits per heavy atom. The Morgan fingerprint density at radius 1 is 1.36 bits per heavy atom. The van der Waals surface area contributed by atoms with E-state index in [-0.39, 0.29) is 24.2 Å². The minimum Gasteiger partial charge on any atom is -0.508 e. The molecule has 0 saturated carbocycles. The normalized spacial score (nSPS) is 11.9. The molecular formula is C10H17ClN2O. The Kier molecular flexibility index (Phi) is 6.28. The van der Waals surface area contributed by atoms with Gasteiger partial charge in [0.1, 0.15) is 5.75 Å². The van der Waals surface area contributed by atoms with Gasteiger partial charge in [-0.25, -0.2) is 0 Å². The van der Waals surface area contributed by atoms with Gasteiger partial charge < -0.3 is 16.6 Å². The maximum Gasteiger partial charge on any atom is 0.115 e. The Bertz CT molecular complexity index is 268. The molecule has 14 heavy (non-hydrogen) atoms. The summed E-state index contributed by atoms with van der Waals surface area (Å²) in [7, 11) is 0. The third-order valence-corrected chi connectivity index (χ3v) is 2.02. The van der Waals surface area contributed by atoms with Crippen LogP contribution in [0.4, 0.5) is 0 Å². The molecule has 0 aliphatic rings. The number of hydrogen-bond donors (Lipinski definition) is 3. The van der Waals surface area contributed by atoms with Crippen LogP contribution in [-0.4, -0.2) is 11.7 Å². The first kappa shape index (κ1) is 13.2. The summed E-state index contributed by atoms with van der Waals surface area (Å²) in [6.45, 7) is 0.659. The number of rotatable bonds is 4. The Balaban J connectivity index is 0.00000169. The van der Waals surface area contributed by atoms with Crippen LogP contribution in [0, 0.1) is 0 Å². The Morgan fingerprint density at radius 3 is 2.64 bits per heavy atom. The van der Waals surface area contributed by atoms with Crippen LogP contribution in [0.2, 0.25) is 0 Å². The molecule has 0 amide bonds. The maximum absolute atomic E-state index is 9.21. The lowest BCUT2D eigenvalue weighted by Gasteiger charge is -2.11. The summed E-state index contributed by atoms with van der Waals surface area (Å²) in [5.74, 6) is 0.265. The van der Waals surface area contributed by atoms with Gasteiger partial charge in [0.15, 0.2) is 0 Å². The summed E-state index contributed by atoms with van der Waals surface area (Å²) in [4.78, 5) is 0. The minimum absolute atomic E-state index is 0. The van der Waals surface area contributed by atoms with Gasteiger partial charge in [-0.2, -0.15) is 0 Å². The van der Waals surface area contributed by atoms with Crippen LogP contribution in [0.25, 0.3) is 0 Å². The number of aromatic hydroxyl groups is 1. The van der Waals surface area contributed by atoms with Gasteiger partial charge >= 0.3 is 0 Å². The van der Waals surface area contributed by atoms with Crippen LogP contribution in [-0.2, 0) is 0 Å². The summed E-state index contributed by atoms with van der Waals surface area (Å²) in [6, 6.07) is 7.03. The zero-order valence-electron chi connectivity index (χ0n) is 8.02. The molecule has 3 nitrogen and oxygen atoms in total. The van der Waals surface area contributed by atoms with Crippen LogP contribution < -0.4 is 11.5 Å². The van der Waals surface area contributed by atoms with E-state index in [1.165, 1.54) is 0 Å². The predicted molar refractivity (Wildman–Crippen MR) is 60.6 cm³/mol. The number of hydrogen-bond acceptors (Lipinski definition) is 3. The fourth-order valence-corrected chi connectivity index (χ4v) is 1.26. The Hall–Kier alpha value is -0.770. The van der Waals surface area contributed by atoms with Crippen LogP contribution in [0.3, 0.4) is 0 Å². The highest BCUT2D eigenvalue weighted by molar-refractivity contribution is 5.85. The molecule has 0 fully saturated rings. The van der Waals surface area contributed by atoms with E-state index in [1.807, 2.05) is 6.07 Å². The highest BCUT2D eigenvalue weighted by Gasteiger charge is 2.04. The number of phenolic OH excluding ortho intramolecular Hbond substituents is 1. The number of nitrogens with two attached hydrogens (primary N) is 2. The molecule has 1 aromatic rings. The van der Waals surface area contributed by atoms with Gasteiger partial charge in [0.2, 0.25) is 0 Å². The van der Waals surface area contributed by atoms with E-state index < -0.39 is 0 Å². The van der Waals surface area contributed by atoms with E-state index in [9.17, 15) is 5.11 Å². The van der Waals surface area contributed by atoms with E-state index in [0.29, 0.717) is 6.54 Å². The van der Waals surface area contributed by atoms with Crippen LogP contribution in [0.1, 0.15) is 24.4 Å². The molecule has 1 aromatic carbocycles. The van der Waals surface area contributed by atoms with Crippen molar-refractivity contribution in [2.24, 2.45) is 11.5 Å². The summed E-state index contributed by atoms with van der Waals surface area (Å²) in [6.07, 6.45) is 1.77. The second-order valence-electron chi connectivity index (χ2n) is 3.13. The van der Waals surface area contributed by atoms with E-state index in [2.05, 4.69) is 0 Å². The first-order valence-corrected chi connectivity index (χ1v) is 4.48. The standard InChI is InChI=1S/C10H16N2O.ClH/c11-6-2-5-10(12)8-3-1-4-9(13)7-8;/h1,3-4,7,10,13H,2,5-6,11-12H2;1H/t10-;/m0./s1. The molecule has 0 aliphatic carbocycles. The van der Waals surface area contributed by atoms with Crippen molar-refractivity contribution in [3.63, 3.8) is 0 Å². The molecule has 1 rings (SSSR count). The minimum atomic E-state index is -0.0179. The second-order valence-corrected chi connectivity index (χ2v) is 3.13. The first-order chi connectivity index (χ1) is 6.24. The van der Waals surface area contributed by atoms with E-state index in [0.717, 1.165) is 18.4 Å². The molecule has 0 saturated heterocycles. The smallest absolute Gasteiger partial charge is 0.115 e. The number of benzene rings is 1. The van der Waals surface area contributed by atoms with Gasteiger partial charge in [-0.05, 0) is 37.1 Å². The van der Waals surface area contributed by atoms with Gasteiger partial charge in [0, 0.05) is 6.04 Å². The third-order valence-electron chi connectivity index (χ3n) is 2.02. The summed E-state index contributed by atoms with van der Waals surface area (Å²) in [5, 5.41) is 9.21. The number of halogens is 1. The predicted octanol–water partition coefficient (Wildman–Crippen LogP) is 1.55. The van der Waals surface area contributed by atoms with Crippen molar-refractivity contribution >= 4 is 12.4 Å². The van der Waals surface area contributed by atoms with Crippen LogP contribution >= 0.6 is 12.4 Å². The molecule has 0 unspecified atom stereocenters. The van der Waals surface area contributed by atoms with Gasteiger partial charge in [-0.3, -0.25) is 0 Å². The fraction of sp³-hybridized carbons (Fsp3) is 0.400. The summed E-state index contributed by atoms with van der Waals surface area (Å²) in [5.41, 5.74) is 12.2. The molecule has 0 aliphatic heterocycles. The molecule has 1 atom stereocenters. The first-order valence-electron chi connectivity index (χ1n) is 4.48. The lowest BCUT2D eigenvalue weighted by molar-refractivity contribution is 0.473. The molecule has 0 bridgehead atoms. The zero-order valence-corrected chi connectivity index (χ0v) is 8.83. The fourth-order valence-electron chi connectivity index (χ4n) is 1.26. The van der Waals surface area contributed by atoms with Gasteiger partial charge in [0.05, 0.1) is 0 Å². The largest absolute Gasteiger partial charge is 0.508 e. The monoisotopic (exact) mass is 216 g/mol. The summed E-state index contributed by atoms with van der Waals surface area (Å²) >= 11 is 0. The molecule has 4 heteroatoms. The van der Waals surface area contributed by atoms with Crippen LogP contribution in [0.5, 0.6) is 5.75 Å². The van der Waals surface area contributed by atoms with Crippen molar-refractivity contribution in [2.75, 3.05) is 6.54 Å². The van der Waals surface area contributed by atoms with Crippen molar-refractivity contribution in [1.82, 2.24) is 0 Å². The van der Waals surface area contributed by atoms with E-state index >= 15 is 0 Å². The van der Waals surface area contributed by atoms with Crippen molar-refractivity contribution in [1.29, 1.82) is 0 Å². The van der Waals surface area contributed by atoms with Crippen LogP contribution in [0.15, 0.2) is 24.3 Å². The highest BCUT2D eigenvalue weighted by atomic mass is 35.5. The topological polar surface area (TPSA) is 72.3 Å². The van der Waals surface area contributed by atoms with Crippen molar-refractivity contribution < 1.29 is 5.11 Å². The summed E-state index contributed by atoms with van der Waals surface area (Å²) < 4.78 is 0. The molecule has 80 valence electrons. The quantitative estimate of drug-likeness (QED) is 0.715. The number of phenols is 1. The van der Waals surface area contributed by atoms with Gasteiger partial charge in [-0.1, -0.05) is 12.1 Å². The molecule has 0 heterocycles. The molecule has 0 radical (unpaired) electrons. The lowest BCUT2D eigenvalue weighted by Crippen LogP contribution is -2.12. The van der Waals surface area contributed by atoms with Crippen molar-refractivity contribution in [2.45, 2.75) is 18.9 Å². The van der Waals surface area contributed by atoms with Crippen molar-refractivity contribution in [3.8, 4) is 5.75 Å². The highest BCUT2D eigenvalue weighted by Crippen LogP contribution is 2.19. The molecular weight excluding hydrogens is 200 g/mol. The van der Waals surface area contributed by atoms with Crippen molar-refractivity contribution in [3.05, 3.63) is 29.8 Å². The molecule has 0 spiro atoms. The average Bonchev–Trinajstić information content (AvgIpc) is 2.14. The SMILES string of the molecule is Cl.NCCC[C@H](N)c1cccc(O)c1. The second kappa shape index (κ2) is 6.65.